The highest BCUT2D eigenvalue weighted by molar-refractivity contribution is 5.88. The number of nitrogens with two attached hydrogens (primary N) is 1. The standard InChI is InChI=1S/C22H17F4N9/c1-2-13(16-10-34(33-32-16)17-6-4-3-5-15(17)23)18-7-14(19-20(27)30-11-31-35(18)19)12-8-28-21(29-9-12)22(24,25)26/h3-11,13H,2H2,1H3,(H2,27,30,31)/t13-/m1/s1. The normalized spacial score (nSPS) is 12.8. The maximum Gasteiger partial charge on any atom is 0.451 e. The van der Waals surface area contributed by atoms with Crippen molar-refractivity contribution in [1.29, 1.82) is 0 Å². The number of para-hydroxylation sites is 1. The molecule has 9 nitrogen and oxygen atoms in total. The lowest BCUT2D eigenvalue weighted by Crippen LogP contribution is -2.10. The predicted molar refractivity (Wildman–Crippen MR) is 117 cm³/mol. The van der Waals surface area contributed by atoms with Crippen LogP contribution in [0.4, 0.5) is 23.4 Å². The van der Waals surface area contributed by atoms with Gasteiger partial charge < -0.3 is 5.73 Å². The van der Waals surface area contributed by atoms with Crippen LogP contribution in [0.5, 0.6) is 0 Å². The molecular formula is C22H17F4N9. The number of nitrogens with zero attached hydrogens (tertiary/aromatic N) is 8. The average molecular weight is 483 g/mol. The van der Waals surface area contributed by atoms with E-state index in [0.29, 0.717) is 34.5 Å². The van der Waals surface area contributed by atoms with Crippen molar-refractivity contribution in [2.45, 2.75) is 25.4 Å². The van der Waals surface area contributed by atoms with Gasteiger partial charge in [0, 0.05) is 29.4 Å². The summed E-state index contributed by atoms with van der Waals surface area (Å²) in [5.41, 5.74) is 8.72. The molecule has 0 unspecified atom stereocenters. The highest BCUT2D eigenvalue weighted by Crippen LogP contribution is 2.36. The van der Waals surface area contributed by atoms with Crippen molar-refractivity contribution in [3.05, 3.63) is 78.3 Å². The molecule has 0 radical (unpaired) electrons. The van der Waals surface area contributed by atoms with Crippen molar-refractivity contribution in [1.82, 2.24) is 39.6 Å². The first-order valence-electron chi connectivity index (χ1n) is 10.5. The van der Waals surface area contributed by atoms with E-state index in [1.165, 1.54) is 17.1 Å². The molecule has 0 spiro atoms. The van der Waals surface area contributed by atoms with Gasteiger partial charge in [-0.05, 0) is 24.6 Å². The molecule has 35 heavy (non-hydrogen) atoms. The van der Waals surface area contributed by atoms with E-state index in [9.17, 15) is 17.6 Å². The Labute approximate surface area is 195 Å². The van der Waals surface area contributed by atoms with Crippen LogP contribution in [0.1, 0.15) is 36.5 Å². The van der Waals surface area contributed by atoms with Gasteiger partial charge in [0.15, 0.2) is 5.82 Å². The number of fused-ring (bicyclic) bond motifs is 1. The van der Waals surface area contributed by atoms with E-state index in [4.69, 9.17) is 5.73 Å². The Morgan fingerprint density at radius 2 is 1.83 bits per heavy atom. The molecule has 5 aromatic rings. The summed E-state index contributed by atoms with van der Waals surface area (Å²) >= 11 is 0. The van der Waals surface area contributed by atoms with E-state index in [2.05, 4.69) is 30.4 Å². The zero-order valence-corrected chi connectivity index (χ0v) is 18.1. The Bertz CT molecular complexity index is 1510. The highest BCUT2D eigenvalue weighted by atomic mass is 19.4. The summed E-state index contributed by atoms with van der Waals surface area (Å²) < 4.78 is 55.9. The smallest absolute Gasteiger partial charge is 0.382 e. The van der Waals surface area contributed by atoms with E-state index < -0.39 is 17.8 Å². The number of hydrogen-bond acceptors (Lipinski definition) is 7. The van der Waals surface area contributed by atoms with Crippen LogP contribution in [-0.4, -0.2) is 39.6 Å². The Balaban J connectivity index is 1.62. The summed E-state index contributed by atoms with van der Waals surface area (Å²) in [7, 11) is 0. The van der Waals surface area contributed by atoms with Crippen LogP contribution in [-0.2, 0) is 6.18 Å². The van der Waals surface area contributed by atoms with E-state index >= 15 is 0 Å². The van der Waals surface area contributed by atoms with Crippen LogP contribution in [0.15, 0.2) is 55.2 Å². The Kier molecular flexibility index (Phi) is 5.38. The molecule has 0 bridgehead atoms. The molecule has 4 heterocycles. The van der Waals surface area contributed by atoms with Gasteiger partial charge in [-0.1, -0.05) is 24.3 Å². The van der Waals surface area contributed by atoms with Gasteiger partial charge in [-0.2, -0.15) is 18.3 Å². The van der Waals surface area contributed by atoms with Crippen LogP contribution in [0.2, 0.25) is 0 Å². The number of rotatable bonds is 5. The minimum absolute atomic E-state index is 0.131. The molecule has 1 atom stereocenters. The monoisotopic (exact) mass is 483 g/mol. The molecule has 178 valence electrons. The van der Waals surface area contributed by atoms with Crippen LogP contribution < -0.4 is 5.73 Å². The van der Waals surface area contributed by atoms with Crippen molar-refractivity contribution in [3.8, 4) is 16.8 Å². The molecular weight excluding hydrogens is 466 g/mol. The third-order valence-electron chi connectivity index (χ3n) is 5.56. The van der Waals surface area contributed by atoms with Gasteiger partial charge in [0.05, 0.1) is 17.6 Å². The maximum atomic E-state index is 14.2. The lowest BCUT2D eigenvalue weighted by atomic mass is 9.98. The summed E-state index contributed by atoms with van der Waals surface area (Å²) in [4.78, 5) is 10.9. The Morgan fingerprint density at radius 3 is 2.51 bits per heavy atom. The quantitative estimate of drug-likeness (QED) is 0.375. The van der Waals surface area contributed by atoms with Gasteiger partial charge in [0.1, 0.15) is 23.3 Å². The zero-order valence-electron chi connectivity index (χ0n) is 18.1. The fraction of sp³-hybridized carbons (Fsp3) is 0.182. The minimum atomic E-state index is -4.66. The summed E-state index contributed by atoms with van der Waals surface area (Å²) in [5, 5.41) is 12.6. The zero-order chi connectivity index (χ0) is 24.7. The molecule has 0 aliphatic heterocycles. The van der Waals surface area contributed by atoms with Crippen molar-refractivity contribution in [3.63, 3.8) is 0 Å². The van der Waals surface area contributed by atoms with Gasteiger partial charge in [0.25, 0.3) is 0 Å². The lowest BCUT2D eigenvalue weighted by Gasteiger charge is -2.11. The highest BCUT2D eigenvalue weighted by Gasteiger charge is 2.34. The third kappa shape index (κ3) is 3.94. The summed E-state index contributed by atoms with van der Waals surface area (Å²) in [6, 6.07) is 7.91. The van der Waals surface area contributed by atoms with Crippen LogP contribution in [0.25, 0.3) is 22.3 Å². The number of halogens is 4. The second-order valence-electron chi connectivity index (χ2n) is 7.68. The Hall–Kier alpha value is -4.42. The fourth-order valence-corrected chi connectivity index (χ4v) is 3.94. The van der Waals surface area contributed by atoms with E-state index in [0.717, 1.165) is 12.4 Å². The number of anilines is 1. The predicted octanol–water partition coefficient (Wildman–Crippen LogP) is 4.05. The summed E-state index contributed by atoms with van der Waals surface area (Å²) in [6.07, 6.45) is 0.966. The van der Waals surface area contributed by atoms with Crippen molar-refractivity contribution in [2.24, 2.45) is 0 Å². The molecule has 13 heteroatoms. The van der Waals surface area contributed by atoms with Gasteiger partial charge in [-0.3, -0.25) is 0 Å². The van der Waals surface area contributed by atoms with Crippen LogP contribution in [0.3, 0.4) is 0 Å². The molecule has 0 saturated heterocycles. The first-order valence-corrected chi connectivity index (χ1v) is 10.5. The van der Waals surface area contributed by atoms with Gasteiger partial charge in [-0.25, -0.2) is 28.5 Å². The number of nitrogen functional groups attached to an aromatic ring is 1. The van der Waals surface area contributed by atoms with Crippen molar-refractivity contribution < 1.29 is 17.6 Å². The van der Waals surface area contributed by atoms with Crippen molar-refractivity contribution in [2.75, 3.05) is 5.73 Å². The molecule has 0 fully saturated rings. The third-order valence-corrected chi connectivity index (χ3v) is 5.56. The van der Waals surface area contributed by atoms with Crippen molar-refractivity contribution >= 4 is 11.3 Å². The second-order valence-corrected chi connectivity index (χ2v) is 7.68. The first kappa shape index (κ1) is 22.4. The Morgan fingerprint density at radius 1 is 1.09 bits per heavy atom. The molecule has 0 aliphatic rings. The average Bonchev–Trinajstić information content (AvgIpc) is 3.46. The fourth-order valence-electron chi connectivity index (χ4n) is 3.94. The summed E-state index contributed by atoms with van der Waals surface area (Å²) in [6.45, 7) is 1.93. The molecule has 1 aromatic carbocycles. The number of aromatic nitrogens is 8. The molecule has 0 saturated carbocycles. The van der Waals surface area contributed by atoms with Crippen LogP contribution >= 0.6 is 0 Å². The lowest BCUT2D eigenvalue weighted by molar-refractivity contribution is -0.144. The van der Waals surface area contributed by atoms with E-state index in [1.54, 1.807) is 35.0 Å². The number of hydrogen-bond donors (Lipinski definition) is 1. The first-order chi connectivity index (χ1) is 16.8. The molecule has 4 aromatic heterocycles. The molecule has 2 N–H and O–H groups in total. The summed E-state index contributed by atoms with van der Waals surface area (Å²) in [5.74, 6) is -1.91. The topological polar surface area (TPSA) is 113 Å². The van der Waals surface area contributed by atoms with Gasteiger partial charge in [0.2, 0.25) is 5.82 Å². The van der Waals surface area contributed by atoms with Crippen LogP contribution in [0, 0.1) is 5.82 Å². The molecule has 0 amide bonds. The number of benzene rings is 1. The number of alkyl halides is 3. The van der Waals surface area contributed by atoms with Gasteiger partial charge in [-0.15, -0.1) is 5.10 Å². The van der Waals surface area contributed by atoms with Gasteiger partial charge >= 0.3 is 6.18 Å². The second kappa shape index (κ2) is 8.42. The molecule has 0 aliphatic carbocycles. The molecule has 5 rings (SSSR count). The largest absolute Gasteiger partial charge is 0.451 e. The van der Waals surface area contributed by atoms with E-state index in [-0.39, 0.29) is 17.4 Å². The minimum Gasteiger partial charge on any atom is -0.382 e. The van der Waals surface area contributed by atoms with E-state index in [1.807, 2.05) is 6.92 Å². The maximum absolute atomic E-state index is 14.2. The SMILES string of the molecule is CC[C@H](c1cn(-c2ccccc2F)nn1)c1cc(-c2cnc(C(F)(F)F)nc2)c2c(N)ncnn12.